The third-order valence-electron chi connectivity index (χ3n) is 3.34. The Morgan fingerprint density at radius 1 is 1.16 bits per heavy atom. The Hall–Kier alpha value is -2.52. The summed E-state index contributed by atoms with van der Waals surface area (Å²) in [7, 11) is -1.23. The molecule has 0 saturated carbocycles. The van der Waals surface area contributed by atoms with Gasteiger partial charge in [-0.2, -0.15) is 4.31 Å². The third kappa shape index (κ3) is 4.52. The second-order valence-corrected chi connectivity index (χ2v) is 7.15. The number of carbonyl (C=O) groups is 1. The van der Waals surface area contributed by atoms with Crippen LogP contribution in [0, 0.1) is 11.6 Å². The van der Waals surface area contributed by atoms with Crippen molar-refractivity contribution < 1.29 is 26.7 Å². The highest BCUT2D eigenvalue weighted by atomic mass is 32.2. The highest BCUT2D eigenvalue weighted by molar-refractivity contribution is 7.89. The van der Waals surface area contributed by atoms with E-state index in [1.165, 1.54) is 38.4 Å². The number of hydrogen-bond donors (Lipinski definition) is 1. The molecule has 2 rings (SSSR count). The van der Waals surface area contributed by atoms with E-state index in [0.717, 1.165) is 16.4 Å². The molecule has 9 heteroatoms. The molecule has 0 radical (unpaired) electrons. The van der Waals surface area contributed by atoms with Gasteiger partial charge in [-0.1, -0.05) is 0 Å². The maximum Gasteiger partial charge on any atom is 0.243 e. The van der Waals surface area contributed by atoms with Gasteiger partial charge in [-0.15, -0.1) is 0 Å². The molecule has 0 atom stereocenters. The maximum atomic E-state index is 13.5. The first-order valence-corrected chi connectivity index (χ1v) is 8.53. The summed E-state index contributed by atoms with van der Waals surface area (Å²) in [6.07, 6.45) is 0. The largest absolute Gasteiger partial charge is 0.497 e. The van der Waals surface area contributed by atoms with Crippen molar-refractivity contribution in [3.05, 3.63) is 54.1 Å². The van der Waals surface area contributed by atoms with E-state index >= 15 is 0 Å². The molecule has 25 heavy (non-hydrogen) atoms. The first kappa shape index (κ1) is 18.8. The second-order valence-electron chi connectivity index (χ2n) is 5.11. The van der Waals surface area contributed by atoms with Crippen LogP contribution in [0.2, 0.25) is 0 Å². The summed E-state index contributed by atoms with van der Waals surface area (Å²) in [5, 5.41) is 2.20. The van der Waals surface area contributed by atoms with Crippen LogP contribution in [0.3, 0.4) is 0 Å². The monoisotopic (exact) mass is 370 g/mol. The van der Waals surface area contributed by atoms with Crippen molar-refractivity contribution in [2.24, 2.45) is 0 Å². The number of rotatable bonds is 6. The third-order valence-corrected chi connectivity index (χ3v) is 5.16. The summed E-state index contributed by atoms with van der Waals surface area (Å²) in [6.45, 7) is -0.537. The molecule has 1 amide bonds. The Bertz CT molecular complexity index is 870. The van der Waals surface area contributed by atoms with Crippen LogP contribution in [0.1, 0.15) is 0 Å². The molecule has 0 aromatic heterocycles. The van der Waals surface area contributed by atoms with Crippen molar-refractivity contribution in [1.29, 1.82) is 0 Å². The van der Waals surface area contributed by atoms with E-state index in [1.807, 2.05) is 0 Å². The van der Waals surface area contributed by atoms with E-state index in [2.05, 4.69) is 5.32 Å². The number of nitrogens with one attached hydrogen (secondary N) is 1. The lowest BCUT2D eigenvalue weighted by Gasteiger charge is -2.17. The molecule has 0 aliphatic carbocycles. The SMILES string of the molecule is COc1ccc(S(=O)(=O)N(C)CC(=O)Nc2ccc(F)cc2F)cc1. The average Bonchev–Trinajstić information content (AvgIpc) is 2.57. The van der Waals surface area contributed by atoms with Gasteiger partial charge in [0, 0.05) is 13.1 Å². The smallest absolute Gasteiger partial charge is 0.243 e. The fourth-order valence-electron chi connectivity index (χ4n) is 2.00. The quantitative estimate of drug-likeness (QED) is 0.846. The van der Waals surface area contributed by atoms with Gasteiger partial charge in [0.2, 0.25) is 15.9 Å². The predicted octanol–water partition coefficient (Wildman–Crippen LogP) is 2.23. The number of halogens is 2. The summed E-state index contributed by atoms with van der Waals surface area (Å²) in [6, 6.07) is 8.32. The summed E-state index contributed by atoms with van der Waals surface area (Å²) < 4.78 is 57.0. The number of nitrogens with zero attached hydrogens (tertiary/aromatic N) is 1. The van der Waals surface area contributed by atoms with Crippen LogP contribution in [-0.2, 0) is 14.8 Å². The molecule has 0 fully saturated rings. The molecule has 6 nitrogen and oxygen atoms in total. The Morgan fingerprint density at radius 2 is 1.80 bits per heavy atom. The lowest BCUT2D eigenvalue weighted by molar-refractivity contribution is -0.116. The van der Waals surface area contributed by atoms with Crippen molar-refractivity contribution in [1.82, 2.24) is 4.31 Å². The van der Waals surface area contributed by atoms with Gasteiger partial charge in [0.1, 0.15) is 17.4 Å². The summed E-state index contributed by atoms with van der Waals surface area (Å²) in [5.41, 5.74) is -0.235. The first-order valence-electron chi connectivity index (χ1n) is 7.09. The zero-order chi connectivity index (χ0) is 18.6. The van der Waals surface area contributed by atoms with Gasteiger partial charge in [0.15, 0.2) is 0 Å². The minimum Gasteiger partial charge on any atom is -0.497 e. The standard InChI is InChI=1S/C16H16F2N2O4S/c1-20(25(22,23)13-6-4-12(24-2)5-7-13)10-16(21)19-15-8-3-11(17)9-14(15)18/h3-9H,10H2,1-2H3,(H,19,21). The summed E-state index contributed by atoms with van der Waals surface area (Å²) in [4.78, 5) is 11.9. The number of methoxy groups -OCH3 is 1. The minimum atomic E-state index is -3.90. The highest BCUT2D eigenvalue weighted by Crippen LogP contribution is 2.19. The summed E-state index contributed by atoms with van der Waals surface area (Å²) in [5.74, 6) is -2.00. The molecule has 0 spiro atoms. The van der Waals surface area contributed by atoms with Crippen molar-refractivity contribution in [3.8, 4) is 5.75 Å². The molecule has 0 aliphatic heterocycles. The summed E-state index contributed by atoms with van der Waals surface area (Å²) >= 11 is 0. The maximum absolute atomic E-state index is 13.5. The molecule has 2 aromatic rings. The van der Waals surface area contributed by atoms with Gasteiger partial charge in [0.05, 0.1) is 24.2 Å². The Morgan fingerprint density at radius 3 is 2.36 bits per heavy atom. The molecule has 0 bridgehead atoms. The normalized spacial score (nSPS) is 11.4. The second kappa shape index (κ2) is 7.58. The van der Waals surface area contributed by atoms with Crippen molar-refractivity contribution in [2.45, 2.75) is 4.90 Å². The molecule has 0 saturated heterocycles. The number of likely N-dealkylation sites (N-methyl/N-ethyl adjacent to an activating group) is 1. The number of amides is 1. The van der Waals surface area contributed by atoms with Crippen molar-refractivity contribution in [2.75, 3.05) is 26.0 Å². The number of anilines is 1. The average molecular weight is 370 g/mol. The molecular weight excluding hydrogens is 354 g/mol. The van der Waals surface area contributed by atoms with Gasteiger partial charge in [-0.3, -0.25) is 4.79 Å². The highest BCUT2D eigenvalue weighted by Gasteiger charge is 2.23. The van der Waals surface area contributed by atoms with Crippen LogP contribution in [-0.4, -0.2) is 39.3 Å². The Balaban J connectivity index is 2.08. The predicted molar refractivity (Wildman–Crippen MR) is 87.8 cm³/mol. The number of ether oxygens (including phenoxy) is 1. The number of hydrogen-bond acceptors (Lipinski definition) is 4. The molecule has 0 unspecified atom stereocenters. The van der Waals surface area contributed by atoms with Gasteiger partial charge in [0.25, 0.3) is 0 Å². The molecule has 1 N–H and O–H groups in total. The zero-order valence-electron chi connectivity index (χ0n) is 13.5. The van der Waals surface area contributed by atoms with Crippen LogP contribution in [0.15, 0.2) is 47.4 Å². The Kier molecular flexibility index (Phi) is 5.70. The van der Waals surface area contributed by atoms with Gasteiger partial charge >= 0.3 is 0 Å². The fourth-order valence-corrected chi connectivity index (χ4v) is 3.12. The molecule has 2 aromatic carbocycles. The van der Waals surface area contributed by atoms with E-state index in [9.17, 15) is 22.0 Å². The van der Waals surface area contributed by atoms with Crippen LogP contribution in [0.25, 0.3) is 0 Å². The zero-order valence-corrected chi connectivity index (χ0v) is 14.3. The van der Waals surface area contributed by atoms with E-state index in [1.54, 1.807) is 0 Å². The van der Waals surface area contributed by atoms with Crippen LogP contribution in [0.4, 0.5) is 14.5 Å². The first-order chi connectivity index (χ1) is 11.7. The fraction of sp³-hybridized carbons (Fsp3) is 0.188. The van der Waals surface area contributed by atoms with E-state index in [0.29, 0.717) is 11.8 Å². The minimum absolute atomic E-state index is 0.0171. The lowest BCUT2D eigenvalue weighted by atomic mass is 10.3. The van der Waals surface area contributed by atoms with Gasteiger partial charge in [-0.05, 0) is 36.4 Å². The molecule has 134 valence electrons. The van der Waals surface area contributed by atoms with E-state index < -0.39 is 34.1 Å². The van der Waals surface area contributed by atoms with Crippen molar-refractivity contribution >= 4 is 21.6 Å². The topological polar surface area (TPSA) is 75.7 Å². The van der Waals surface area contributed by atoms with E-state index in [4.69, 9.17) is 4.74 Å². The number of sulfonamides is 1. The van der Waals surface area contributed by atoms with Gasteiger partial charge in [-0.25, -0.2) is 17.2 Å². The molecule has 0 aliphatic rings. The van der Waals surface area contributed by atoms with Gasteiger partial charge < -0.3 is 10.1 Å². The van der Waals surface area contributed by atoms with Crippen LogP contribution >= 0.6 is 0 Å². The Labute approximate surface area is 144 Å². The molecular formula is C16H16F2N2O4S. The van der Waals surface area contributed by atoms with Crippen LogP contribution < -0.4 is 10.1 Å². The van der Waals surface area contributed by atoms with E-state index in [-0.39, 0.29) is 10.6 Å². The molecule has 0 heterocycles. The number of benzene rings is 2. The number of carbonyl (C=O) groups excluding carboxylic acids is 1. The van der Waals surface area contributed by atoms with Crippen molar-refractivity contribution in [3.63, 3.8) is 0 Å². The van der Waals surface area contributed by atoms with Crippen LogP contribution in [0.5, 0.6) is 5.75 Å². The lowest BCUT2D eigenvalue weighted by Crippen LogP contribution is -2.35.